The Labute approximate surface area is 180 Å². The van der Waals surface area contributed by atoms with E-state index in [4.69, 9.17) is 5.14 Å². The smallest absolute Gasteiger partial charge is 0.261 e. The molecule has 1 fully saturated rings. The van der Waals surface area contributed by atoms with E-state index < -0.39 is 10.0 Å². The summed E-state index contributed by atoms with van der Waals surface area (Å²) >= 11 is 0. The summed E-state index contributed by atoms with van der Waals surface area (Å²) < 4.78 is 25.1. The first kappa shape index (κ1) is 21.2. The maximum atomic E-state index is 12.9. The lowest BCUT2D eigenvalue weighted by Gasteiger charge is -2.14. The van der Waals surface area contributed by atoms with Crippen molar-refractivity contribution in [3.8, 4) is 0 Å². The molecule has 0 aliphatic heterocycles. The highest BCUT2D eigenvalue weighted by Gasteiger charge is 2.28. The van der Waals surface area contributed by atoms with Crippen LogP contribution in [0, 0.1) is 13.8 Å². The molecule has 0 bridgehead atoms. The first-order chi connectivity index (χ1) is 14.6. The molecule has 2 aromatic carbocycles. The highest BCUT2D eigenvalue weighted by atomic mass is 32.2. The summed E-state index contributed by atoms with van der Waals surface area (Å²) in [6.45, 7) is 3.56. The van der Waals surface area contributed by atoms with Crippen molar-refractivity contribution in [1.82, 2.24) is 9.55 Å². The van der Waals surface area contributed by atoms with Gasteiger partial charge in [-0.3, -0.25) is 14.2 Å². The third-order valence-electron chi connectivity index (χ3n) is 5.61. The monoisotopic (exact) mass is 440 g/mol. The number of nitrogens with one attached hydrogen (secondary N) is 1. The van der Waals surface area contributed by atoms with Crippen LogP contribution in [0.5, 0.6) is 0 Å². The van der Waals surface area contributed by atoms with Crippen molar-refractivity contribution in [3.63, 3.8) is 0 Å². The van der Waals surface area contributed by atoms with Crippen LogP contribution in [0.25, 0.3) is 10.9 Å². The molecule has 0 unspecified atom stereocenters. The molecule has 31 heavy (non-hydrogen) atoms. The van der Waals surface area contributed by atoms with E-state index in [1.54, 1.807) is 30.5 Å². The predicted octanol–water partition coefficient (Wildman–Crippen LogP) is 2.57. The normalized spacial score (nSPS) is 14.0. The molecule has 3 aromatic rings. The molecular formula is C22H24N4O4S. The molecule has 8 nitrogen and oxygen atoms in total. The second-order valence-electron chi connectivity index (χ2n) is 7.96. The van der Waals surface area contributed by atoms with Gasteiger partial charge in [0, 0.05) is 24.6 Å². The minimum atomic E-state index is -3.89. The van der Waals surface area contributed by atoms with Crippen molar-refractivity contribution in [2.75, 3.05) is 5.32 Å². The topological polar surface area (TPSA) is 124 Å². The summed E-state index contributed by atoms with van der Waals surface area (Å²) in [7, 11) is -3.89. The van der Waals surface area contributed by atoms with Crippen molar-refractivity contribution in [2.45, 2.75) is 50.5 Å². The van der Waals surface area contributed by atoms with E-state index >= 15 is 0 Å². The molecule has 0 atom stereocenters. The van der Waals surface area contributed by atoms with Crippen molar-refractivity contribution < 1.29 is 13.2 Å². The maximum Gasteiger partial charge on any atom is 0.261 e. The number of nitrogens with zero attached hydrogens (tertiary/aromatic N) is 2. The number of amides is 1. The van der Waals surface area contributed by atoms with E-state index in [0.29, 0.717) is 34.4 Å². The number of carbonyl (C=O) groups excluding carboxylic acids is 1. The van der Waals surface area contributed by atoms with Crippen LogP contribution < -0.4 is 16.0 Å². The number of aromatic nitrogens is 2. The fourth-order valence-electron chi connectivity index (χ4n) is 3.64. The third kappa shape index (κ3) is 4.38. The van der Waals surface area contributed by atoms with E-state index in [2.05, 4.69) is 10.3 Å². The van der Waals surface area contributed by atoms with Crippen LogP contribution in [0.1, 0.15) is 42.3 Å². The molecule has 1 aliphatic rings. The Bertz CT molecular complexity index is 1360. The van der Waals surface area contributed by atoms with Crippen molar-refractivity contribution in [2.24, 2.45) is 5.14 Å². The molecule has 4 rings (SSSR count). The van der Waals surface area contributed by atoms with E-state index in [-0.39, 0.29) is 28.8 Å². The molecule has 1 aromatic heterocycles. The Morgan fingerprint density at radius 2 is 1.94 bits per heavy atom. The average molecular weight is 441 g/mol. The third-order valence-corrected chi connectivity index (χ3v) is 6.50. The minimum absolute atomic E-state index is 0.0512. The predicted molar refractivity (Wildman–Crippen MR) is 119 cm³/mol. The Morgan fingerprint density at radius 3 is 2.61 bits per heavy atom. The van der Waals surface area contributed by atoms with Gasteiger partial charge in [-0.15, -0.1) is 0 Å². The maximum absolute atomic E-state index is 12.9. The molecule has 1 saturated carbocycles. The average Bonchev–Trinajstić information content (AvgIpc) is 3.54. The molecular weight excluding hydrogens is 416 g/mol. The van der Waals surface area contributed by atoms with E-state index in [0.717, 1.165) is 18.4 Å². The minimum Gasteiger partial charge on any atom is -0.326 e. The molecule has 9 heteroatoms. The first-order valence-corrected chi connectivity index (χ1v) is 11.6. The van der Waals surface area contributed by atoms with Crippen LogP contribution in [0.4, 0.5) is 5.69 Å². The number of para-hydroxylation sites is 1. The summed E-state index contributed by atoms with van der Waals surface area (Å²) in [5, 5.41) is 8.59. The van der Waals surface area contributed by atoms with Crippen LogP contribution in [-0.4, -0.2) is 23.9 Å². The van der Waals surface area contributed by atoms with Gasteiger partial charge in [-0.05, 0) is 62.1 Å². The number of hydrogen-bond donors (Lipinski definition) is 2. The second kappa shape index (κ2) is 7.90. The highest BCUT2D eigenvalue weighted by Crippen LogP contribution is 2.35. The van der Waals surface area contributed by atoms with Gasteiger partial charge in [-0.1, -0.05) is 12.1 Å². The number of primary sulfonamides is 1. The summed E-state index contributed by atoms with van der Waals surface area (Å²) in [5.41, 5.74) is 2.42. The molecule has 1 aliphatic carbocycles. The van der Waals surface area contributed by atoms with Gasteiger partial charge in [0.15, 0.2) is 0 Å². The number of nitrogens with two attached hydrogens (primary N) is 1. The van der Waals surface area contributed by atoms with Gasteiger partial charge < -0.3 is 5.32 Å². The molecule has 1 amide bonds. The van der Waals surface area contributed by atoms with Crippen molar-refractivity contribution in [3.05, 3.63) is 63.7 Å². The molecule has 0 spiro atoms. The lowest BCUT2D eigenvalue weighted by Crippen LogP contribution is -2.25. The summed E-state index contributed by atoms with van der Waals surface area (Å²) in [5.74, 6) is 0.298. The lowest BCUT2D eigenvalue weighted by molar-refractivity contribution is -0.116. The zero-order valence-corrected chi connectivity index (χ0v) is 18.2. The quantitative estimate of drug-likeness (QED) is 0.610. The SMILES string of the molecule is Cc1cc(S(N)(=O)=O)cc(NC(=O)CCc2nc3ccccc3c(=O)n2C2CC2)c1C. The van der Waals surface area contributed by atoms with Crippen molar-refractivity contribution in [1.29, 1.82) is 0 Å². The van der Waals surface area contributed by atoms with Crippen molar-refractivity contribution >= 4 is 32.5 Å². The summed E-state index contributed by atoms with van der Waals surface area (Å²) in [6, 6.07) is 10.2. The summed E-state index contributed by atoms with van der Waals surface area (Å²) in [6.07, 6.45) is 2.26. The molecule has 162 valence electrons. The van der Waals surface area contributed by atoms with Crippen LogP contribution in [0.15, 0.2) is 46.1 Å². The van der Waals surface area contributed by atoms with E-state index in [1.165, 1.54) is 12.1 Å². The van der Waals surface area contributed by atoms with Crippen LogP contribution in [0.2, 0.25) is 0 Å². The number of rotatable bonds is 6. The highest BCUT2D eigenvalue weighted by molar-refractivity contribution is 7.89. The fourth-order valence-corrected chi connectivity index (χ4v) is 4.26. The largest absolute Gasteiger partial charge is 0.326 e. The zero-order valence-electron chi connectivity index (χ0n) is 17.4. The van der Waals surface area contributed by atoms with E-state index in [9.17, 15) is 18.0 Å². The molecule has 0 saturated heterocycles. The van der Waals surface area contributed by atoms with Crippen LogP contribution in [-0.2, 0) is 21.2 Å². The van der Waals surface area contributed by atoms with Gasteiger partial charge in [0.25, 0.3) is 5.56 Å². The first-order valence-electron chi connectivity index (χ1n) is 10.1. The molecule has 1 heterocycles. The zero-order chi connectivity index (χ0) is 22.3. The number of hydrogen-bond acceptors (Lipinski definition) is 5. The van der Waals surface area contributed by atoms with Gasteiger partial charge in [-0.25, -0.2) is 18.5 Å². The van der Waals surface area contributed by atoms with Gasteiger partial charge in [-0.2, -0.15) is 0 Å². The van der Waals surface area contributed by atoms with Crippen LogP contribution in [0.3, 0.4) is 0 Å². The Morgan fingerprint density at radius 1 is 1.23 bits per heavy atom. The number of anilines is 1. The Hall–Kier alpha value is -3.04. The Balaban J connectivity index is 1.58. The fraction of sp³-hybridized carbons (Fsp3) is 0.318. The molecule has 3 N–H and O–H groups in total. The number of sulfonamides is 1. The number of carbonyl (C=O) groups is 1. The number of benzene rings is 2. The molecule has 0 radical (unpaired) electrons. The van der Waals surface area contributed by atoms with Gasteiger partial charge >= 0.3 is 0 Å². The lowest BCUT2D eigenvalue weighted by atomic mass is 10.1. The van der Waals surface area contributed by atoms with E-state index in [1.807, 2.05) is 12.1 Å². The van der Waals surface area contributed by atoms with Crippen LogP contribution >= 0.6 is 0 Å². The second-order valence-corrected chi connectivity index (χ2v) is 9.52. The van der Waals surface area contributed by atoms with Gasteiger partial charge in [0.2, 0.25) is 15.9 Å². The summed E-state index contributed by atoms with van der Waals surface area (Å²) in [4.78, 5) is 30.2. The van der Waals surface area contributed by atoms with Gasteiger partial charge in [0.1, 0.15) is 5.82 Å². The Kier molecular flexibility index (Phi) is 5.40. The number of aryl methyl sites for hydroxylation is 2. The standard InChI is InChI=1S/C22H24N4O4S/c1-13-11-16(31(23,29)30)12-19(14(13)2)25-21(27)10-9-20-24-18-6-4-3-5-17(18)22(28)26(20)15-7-8-15/h3-6,11-12,15H,7-10H2,1-2H3,(H,25,27)(H2,23,29,30). The number of fused-ring (bicyclic) bond motifs is 1. The van der Waals surface area contributed by atoms with Gasteiger partial charge in [0.05, 0.1) is 15.8 Å².